The Kier molecular flexibility index (Phi) is 3.53. The van der Waals surface area contributed by atoms with Crippen LogP contribution >= 0.6 is 0 Å². The molecular weight excluding hydrogens is 282 g/mol. The number of carbonyl (C=O) groups is 1. The zero-order valence-electron chi connectivity index (χ0n) is 11.3. The number of amides is 1. The van der Waals surface area contributed by atoms with E-state index in [2.05, 4.69) is 20.2 Å². The van der Waals surface area contributed by atoms with Gasteiger partial charge in [-0.1, -0.05) is 0 Å². The number of nitrogens with zero attached hydrogens (tertiary/aromatic N) is 2. The topological polar surface area (TPSA) is 109 Å². The van der Waals surface area contributed by atoms with Gasteiger partial charge < -0.3 is 9.88 Å². The minimum Gasteiger partial charge on any atom is -0.354 e. The number of hydrogen-bond donors (Lipinski definition) is 3. The molecule has 0 radical (unpaired) electrons. The maximum absolute atomic E-state index is 12.2. The lowest BCUT2D eigenvalue weighted by Crippen LogP contribution is -2.20. The predicted molar refractivity (Wildman–Crippen MR) is 72.9 cm³/mol. The number of H-pyrrole nitrogens is 1. The zero-order chi connectivity index (χ0) is 14.9. The number of hydrogen-bond acceptors (Lipinski definition) is 4. The normalized spacial score (nSPS) is 11.3. The van der Waals surface area contributed by atoms with Crippen LogP contribution in [0.15, 0.2) is 23.2 Å². The van der Waals surface area contributed by atoms with E-state index in [-0.39, 0.29) is 22.3 Å². The van der Waals surface area contributed by atoms with Crippen molar-refractivity contribution >= 4 is 21.7 Å². The lowest BCUT2D eigenvalue weighted by atomic mass is 10.4. The first-order chi connectivity index (χ1) is 9.33. The molecule has 0 aliphatic carbocycles. The minimum atomic E-state index is -3.78. The van der Waals surface area contributed by atoms with Crippen molar-refractivity contribution in [3.05, 3.63) is 29.7 Å². The summed E-state index contributed by atoms with van der Waals surface area (Å²) in [4.78, 5) is 11.6. The van der Waals surface area contributed by atoms with Crippen LogP contribution in [0.1, 0.15) is 16.2 Å². The molecule has 0 spiro atoms. The Morgan fingerprint density at radius 3 is 2.65 bits per heavy atom. The molecule has 0 aliphatic heterocycles. The lowest BCUT2D eigenvalue weighted by Gasteiger charge is -2.01. The van der Waals surface area contributed by atoms with Gasteiger partial charge in [-0.2, -0.15) is 5.10 Å². The molecule has 0 saturated carbocycles. The highest BCUT2D eigenvalue weighted by Gasteiger charge is 2.20. The van der Waals surface area contributed by atoms with Gasteiger partial charge in [0.2, 0.25) is 0 Å². The van der Waals surface area contributed by atoms with Gasteiger partial charge in [0.25, 0.3) is 15.9 Å². The van der Waals surface area contributed by atoms with E-state index in [1.807, 2.05) is 0 Å². The Labute approximate surface area is 116 Å². The van der Waals surface area contributed by atoms with E-state index in [4.69, 9.17) is 0 Å². The third-order valence-electron chi connectivity index (χ3n) is 2.69. The third-order valence-corrected chi connectivity index (χ3v) is 4.02. The molecule has 0 fully saturated rings. The van der Waals surface area contributed by atoms with Crippen molar-refractivity contribution in [1.82, 2.24) is 20.1 Å². The Hall–Kier alpha value is -2.29. The van der Waals surface area contributed by atoms with Crippen LogP contribution in [-0.4, -0.2) is 36.1 Å². The van der Waals surface area contributed by atoms with Crippen LogP contribution in [0.3, 0.4) is 0 Å². The van der Waals surface area contributed by atoms with Crippen LogP contribution in [-0.2, 0) is 17.1 Å². The van der Waals surface area contributed by atoms with Gasteiger partial charge in [-0.15, -0.1) is 0 Å². The second-order valence-electron chi connectivity index (χ2n) is 4.29. The number of aromatic amines is 1. The molecule has 2 aromatic rings. The fourth-order valence-corrected chi connectivity index (χ4v) is 2.76. The molecule has 0 unspecified atom stereocenters. The maximum atomic E-state index is 12.2. The van der Waals surface area contributed by atoms with Gasteiger partial charge in [-0.3, -0.25) is 14.6 Å². The Morgan fingerprint density at radius 2 is 2.10 bits per heavy atom. The number of sulfonamides is 1. The molecule has 1 amide bonds. The molecule has 3 N–H and O–H groups in total. The number of aromatic nitrogens is 3. The molecular formula is C11H15N5O3S. The maximum Gasteiger partial charge on any atom is 0.267 e. The summed E-state index contributed by atoms with van der Waals surface area (Å²) in [6.45, 7) is 1.76. The molecule has 8 nitrogen and oxygen atoms in total. The average molecular weight is 297 g/mol. The fraction of sp³-hybridized carbons (Fsp3) is 0.273. The van der Waals surface area contributed by atoms with Crippen molar-refractivity contribution < 1.29 is 13.2 Å². The number of anilines is 1. The molecule has 2 rings (SSSR count). The Bertz CT molecular complexity index is 744. The smallest absolute Gasteiger partial charge is 0.267 e. The van der Waals surface area contributed by atoms with E-state index in [1.54, 1.807) is 20.0 Å². The van der Waals surface area contributed by atoms with Crippen molar-refractivity contribution in [1.29, 1.82) is 0 Å². The second kappa shape index (κ2) is 5.00. The quantitative estimate of drug-likeness (QED) is 0.749. The summed E-state index contributed by atoms with van der Waals surface area (Å²) < 4.78 is 28.1. The monoisotopic (exact) mass is 297 g/mol. The third kappa shape index (κ3) is 2.67. The van der Waals surface area contributed by atoms with Gasteiger partial charge >= 0.3 is 0 Å². The highest BCUT2D eigenvalue weighted by molar-refractivity contribution is 7.92. The highest BCUT2D eigenvalue weighted by atomic mass is 32.2. The van der Waals surface area contributed by atoms with E-state index < -0.39 is 10.0 Å². The Balaban J connectivity index is 2.32. The fourth-order valence-electron chi connectivity index (χ4n) is 1.70. The van der Waals surface area contributed by atoms with Crippen LogP contribution < -0.4 is 10.0 Å². The molecule has 9 heteroatoms. The molecule has 0 aromatic carbocycles. The summed E-state index contributed by atoms with van der Waals surface area (Å²) in [7, 11) is -0.697. The summed E-state index contributed by atoms with van der Waals surface area (Å²) >= 11 is 0. The first-order valence-electron chi connectivity index (χ1n) is 5.77. The van der Waals surface area contributed by atoms with Crippen LogP contribution in [0.2, 0.25) is 0 Å². The van der Waals surface area contributed by atoms with Gasteiger partial charge in [-0.05, 0) is 13.0 Å². The molecule has 2 aromatic heterocycles. The first-order valence-corrected chi connectivity index (χ1v) is 7.25. The van der Waals surface area contributed by atoms with Crippen LogP contribution in [0.5, 0.6) is 0 Å². The van der Waals surface area contributed by atoms with Gasteiger partial charge in [0.1, 0.15) is 10.6 Å². The molecule has 108 valence electrons. The van der Waals surface area contributed by atoms with E-state index in [0.29, 0.717) is 0 Å². The van der Waals surface area contributed by atoms with Crippen LogP contribution in [0.4, 0.5) is 5.82 Å². The van der Waals surface area contributed by atoms with E-state index in [1.165, 1.54) is 23.9 Å². The molecule has 0 atom stereocenters. The van der Waals surface area contributed by atoms with Gasteiger partial charge in [0, 0.05) is 32.1 Å². The molecule has 2 heterocycles. The van der Waals surface area contributed by atoms with Gasteiger partial charge in [0.15, 0.2) is 5.82 Å². The van der Waals surface area contributed by atoms with E-state index in [0.717, 1.165) is 5.69 Å². The SMILES string of the molecule is CNC(=O)c1cc(S(=O)(=O)Nc2cc(C)[nH]n2)cn1C. The highest BCUT2D eigenvalue weighted by Crippen LogP contribution is 2.17. The number of nitrogens with one attached hydrogen (secondary N) is 3. The lowest BCUT2D eigenvalue weighted by molar-refractivity contribution is 0.0955. The summed E-state index contributed by atoms with van der Waals surface area (Å²) in [6, 6.07) is 2.88. The summed E-state index contributed by atoms with van der Waals surface area (Å²) in [6.07, 6.45) is 1.37. The van der Waals surface area contributed by atoms with E-state index in [9.17, 15) is 13.2 Å². The minimum absolute atomic E-state index is 0.000692. The molecule has 0 bridgehead atoms. The second-order valence-corrected chi connectivity index (χ2v) is 5.98. The molecule has 0 aliphatic rings. The standard InChI is InChI=1S/C11H15N5O3S/c1-7-4-10(14-13-7)15-20(18,19)8-5-9(11(17)12-2)16(3)6-8/h4-6H,1-3H3,(H,12,17)(H2,13,14,15). The van der Waals surface area contributed by atoms with Crippen molar-refractivity contribution in [2.45, 2.75) is 11.8 Å². The molecule has 0 saturated heterocycles. The van der Waals surface area contributed by atoms with Crippen molar-refractivity contribution in [3.8, 4) is 0 Å². The van der Waals surface area contributed by atoms with Gasteiger partial charge in [0.05, 0.1) is 0 Å². The average Bonchev–Trinajstić information content (AvgIpc) is 2.94. The number of aryl methyl sites for hydroxylation is 2. The number of carbonyl (C=O) groups excluding carboxylic acids is 1. The van der Waals surface area contributed by atoms with E-state index >= 15 is 0 Å². The zero-order valence-corrected chi connectivity index (χ0v) is 12.1. The van der Waals surface area contributed by atoms with Crippen LogP contribution in [0.25, 0.3) is 0 Å². The van der Waals surface area contributed by atoms with Gasteiger partial charge in [-0.25, -0.2) is 8.42 Å². The Morgan fingerprint density at radius 1 is 1.40 bits per heavy atom. The van der Waals surface area contributed by atoms with Crippen molar-refractivity contribution in [2.24, 2.45) is 7.05 Å². The first kappa shape index (κ1) is 14.1. The summed E-state index contributed by atoms with van der Waals surface area (Å²) in [5.74, 6) is -0.155. The summed E-state index contributed by atoms with van der Waals surface area (Å²) in [5.41, 5.74) is 0.993. The largest absolute Gasteiger partial charge is 0.354 e. The van der Waals surface area contributed by atoms with Crippen molar-refractivity contribution in [3.63, 3.8) is 0 Å². The number of rotatable bonds is 4. The predicted octanol–water partition coefficient (Wildman–Crippen LogP) is 0.217. The summed E-state index contributed by atoms with van der Waals surface area (Å²) in [5, 5.41) is 8.89. The molecule has 20 heavy (non-hydrogen) atoms. The van der Waals surface area contributed by atoms with Crippen molar-refractivity contribution in [2.75, 3.05) is 11.8 Å². The van der Waals surface area contributed by atoms with Crippen LogP contribution in [0, 0.1) is 6.92 Å².